The molecule has 214 valence electrons. The summed E-state index contributed by atoms with van der Waals surface area (Å²) in [5.41, 5.74) is 18.3. The first-order chi connectivity index (χ1) is 18.4. The predicted octanol–water partition coefficient (Wildman–Crippen LogP) is -0.763. The summed E-state index contributed by atoms with van der Waals surface area (Å²) in [6.45, 7) is 3.80. The first kappa shape index (κ1) is 31.2. The van der Waals surface area contributed by atoms with Crippen LogP contribution in [-0.2, 0) is 30.4 Å². The predicted molar refractivity (Wildman–Crippen MR) is 145 cm³/mol. The van der Waals surface area contributed by atoms with Crippen molar-refractivity contribution in [2.24, 2.45) is 23.1 Å². The Morgan fingerprint density at radius 1 is 0.949 bits per heavy atom. The zero-order valence-corrected chi connectivity index (χ0v) is 22.2. The molecule has 0 radical (unpaired) electrons. The van der Waals surface area contributed by atoms with E-state index in [1.54, 1.807) is 20.0 Å². The Morgan fingerprint density at radius 3 is 2.23 bits per heavy atom. The summed E-state index contributed by atoms with van der Waals surface area (Å²) in [7, 11) is 0. The highest BCUT2D eigenvalue weighted by Gasteiger charge is 2.32. The lowest BCUT2D eigenvalue weighted by Gasteiger charge is -2.27. The van der Waals surface area contributed by atoms with Crippen molar-refractivity contribution < 1.29 is 29.1 Å². The second-order valence-electron chi connectivity index (χ2n) is 9.82. The highest BCUT2D eigenvalue weighted by atomic mass is 16.4. The largest absolute Gasteiger partial charge is 0.480 e. The number of nitrogens with two attached hydrogens (primary N) is 3. The van der Waals surface area contributed by atoms with Gasteiger partial charge in [0.05, 0.1) is 12.5 Å². The van der Waals surface area contributed by atoms with E-state index in [0.29, 0.717) is 25.8 Å². The lowest BCUT2D eigenvalue weighted by Crippen LogP contribution is -2.59. The Bertz CT molecular complexity index is 1160. The highest BCUT2D eigenvalue weighted by Crippen LogP contribution is 2.19. The van der Waals surface area contributed by atoms with Crippen molar-refractivity contribution in [3.05, 3.63) is 36.0 Å². The molecule has 1 heterocycles. The van der Waals surface area contributed by atoms with Gasteiger partial charge in [-0.15, -0.1) is 0 Å². The summed E-state index contributed by atoms with van der Waals surface area (Å²) in [4.78, 5) is 65.1. The smallest absolute Gasteiger partial charge is 0.326 e. The number of carbonyl (C=O) groups excluding carboxylic acids is 4. The van der Waals surface area contributed by atoms with Crippen molar-refractivity contribution in [3.63, 3.8) is 0 Å². The molecule has 0 aliphatic carbocycles. The van der Waals surface area contributed by atoms with Crippen molar-refractivity contribution in [3.8, 4) is 0 Å². The molecule has 4 amide bonds. The number of rotatable bonds is 16. The third-order valence-corrected chi connectivity index (χ3v) is 6.30. The van der Waals surface area contributed by atoms with Crippen LogP contribution in [0, 0.1) is 5.92 Å². The number of primary amides is 1. The van der Waals surface area contributed by atoms with Gasteiger partial charge in [0.25, 0.3) is 0 Å². The van der Waals surface area contributed by atoms with Crippen LogP contribution in [0.5, 0.6) is 0 Å². The molecule has 2 aromatic rings. The zero-order chi connectivity index (χ0) is 29.1. The number of unbranched alkanes of at least 4 members (excludes halogenated alkanes) is 1. The summed E-state index contributed by atoms with van der Waals surface area (Å²) in [6, 6.07) is 2.81. The molecule has 11 N–H and O–H groups in total. The van der Waals surface area contributed by atoms with Gasteiger partial charge in [0, 0.05) is 23.5 Å². The quantitative estimate of drug-likeness (QED) is 0.124. The summed E-state index contributed by atoms with van der Waals surface area (Å²) in [5.74, 6) is -4.79. The third kappa shape index (κ3) is 9.37. The van der Waals surface area contributed by atoms with E-state index < -0.39 is 66.1 Å². The third-order valence-electron chi connectivity index (χ3n) is 6.30. The lowest BCUT2D eigenvalue weighted by molar-refractivity contribution is -0.144. The molecule has 0 spiro atoms. The lowest BCUT2D eigenvalue weighted by atomic mass is 9.99. The van der Waals surface area contributed by atoms with E-state index in [9.17, 15) is 29.1 Å². The number of para-hydroxylation sites is 1. The standard InChI is InChI=1S/C26H39N7O6/c1-14(2)22(25(37)32-20(26(38)39)12-21(29)34)33-24(36)19(31-23(35)17(28)8-5-6-10-27)11-15-13-30-18-9-4-3-7-16(15)18/h3-4,7,9,13-14,17,19-20,22,30H,5-6,8,10-12,27-28H2,1-2H3,(H2,29,34)(H,31,35)(H,32,37)(H,33,36)(H,38,39). The molecular formula is C26H39N7O6. The van der Waals surface area contributed by atoms with Crippen LogP contribution in [0.3, 0.4) is 0 Å². The number of aliphatic carboxylic acids is 1. The van der Waals surface area contributed by atoms with Gasteiger partial charge in [0.15, 0.2) is 0 Å². The fourth-order valence-corrected chi connectivity index (χ4v) is 4.10. The Labute approximate surface area is 226 Å². The molecule has 0 saturated heterocycles. The van der Waals surface area contributed by atoms with E-state index in [1.165, 1.54) is 0 Å². The Kier molecular flexibility index (Phi) is 11.9. The Hall–Kier alpha value is -3.97. The number of carboxylic acids is 1. The van der Waals surface area contributed by atoms with Gasteiger partial charge in [0.1, 0.15) is 18.1 Å². The minimum atomic E-state index is -1.55. The molecule has 0 fully saturated rings. The molecule has 2 rings (SSSR count). The van der Waals surface area contributed by atoms with Crippen molar-refractivity contribution in [2.75, 3.05) is 6.54 Å². The van der Waals surface area contributed by atoms with Crippen LogP contribution in [0.15, 0.2) is 30.5 Å². The molecule has 0 saturated carbocycles. The number of amides is 4. The number of carbonyl (C=O) groups is 5. The summed E-state index contributed by atoms with van der Waals surface area (Å²) in [5, 5.41) is 17.8. The van der Waals surface area contributed by atoms with Crippen molar-refractivity contribution >= 4 is 40.5 Å². The topological polar surface area (TPSA) is 236 Å². The normalized spacial score (nSPS) is 14.3. The van der Waals surface area contributed by atoms with Gasteiger partial charge in [0.2, 0.25) is 23.6 Å². The summed E-state index contributed by atoms with van der Waals surface area (Å²) < 4.78 is 0. The Morgan fingerprint density at radius 2 is 1.62 bits per heavy atom. The van der Waals surface area contributed by atoms with Crippen molar-refractivity contribution in [1.29, 1.82) is 0 Å². The molecule has 13 nitrogen and oxygen atoms in total. The molecule has 4 atom stereocenters. The number of H-pyrrole nitrogens is 1. The van der Waals surface area contributed by atoms with Gasteiger partial charge in [-0.05, 0) is 36.9 Å². The number of nitrogens with one attached hydrogen (secondary N) is 4. The number of aromatic amines is 1. The number of aromatic nitrogens is 1. The monoisotopic (exact) mass is 545 g/mol. The fourth-order valence-electron chi connectivity index (χ4n) is 4.10. The van der Waals surface area contributed by atoms with Gasteiger partial charge in [-0.2, -0.15) is 0 Å². The summed E-state index contributed by atoms with van der Waals surface area (Å²) >= 11 is 0. The maximum Gasteiger partial charge on any atom is 0.326 e. The maximum atomic E-state index is 13.5. The van der Waals surface area contributed by atoms with E-state index in [2.05, 4.69) is 20.9 Å². The van der Waals surface area contributed by atoms with Crippen LogP contribution in [-0.4, -0.2) is 70.4 Å². The van der Waals surface area contributed by atoms with E-state index in [1.807, 2.05) is 24.3 Å². The average molecular weight is 546 g/mol. The van der Waals surface area contributed by atoms with E-state index >= 15 is 0 Å². The number of carboxylic acid groups (broad SMARTS) is 1. The first-order valence-electron chi connectivity index (χ1n) is 12.9. The highest BCUT2D eigenvalue weighted by molar-refractivity contribution is 5.95. The van der Waals surface area contributed by atoms with Gasteiger partial charge < -0.3 is 43.2 Å². The van der Waals surface area contributed by atoms with Gasteiger partial charge in [-0.3, -0.25) is 19.2 Å². The molecule has 0 bridgehead atoms. The van der Waals surface area contributed by atoms with Crippen molar-refractivity contribution in [1.82, 2.24) is 20.9 Å². The second-order valence-corrected chi connectivity index (χ2v) is 9.82. The van der Waals surface area contributed by atoms with Gasteiger partial charge >= 0.3 is 5.97 Å². The number of benzene rings is 1. The van der Waals surface area contributed by atoms with Crippen LogP contribution < -0.4 is 33.2 Å². The van der Waals surface area contributed by atoms with Crippen molar-refractivity contribution in [2.45, 2.75) is 70.1 Å². The molecule has 1 aromatic carbocycles. The van der Waals surface area contributed by atoms with Gasteiger partial charge in [-0.25, -0.2) is 4.79 Å². The number of fused-ring (bicyclic) bond motifs is 1. The van der Waals surface area contributed by atoms with Gasteiger partial charge in [-0.1, -0.05) is 38.5 Å². The number of hydrogen-bond acceptors (Lipinski definition) is 7. The zero-order valence-electron chi connectivity index (χ0n) is 22.2. The van der Waals surface area contributed by atoms with Crippen LogP contribution >= 0.6 is 0 Å². The van der Waals surface area contributed by atoms with Crippen LogP contribution in [0.4, 0.5) is 0 Å². The van der Waals surface area contributed by atoms with E-state index in [4.69, 9.17) is 17.2 Å². The van der Waals surface area contributed by atoms with Crippen LogP contribution in [0.25, 0.3) is 10.9 Å². The van der Waals surface area contributed by atoms with E-state index in [0.717, 1.165) is 16.5 Å². The minimum absolute atomic E-state index is 0.100. The fraction of sp³-hybridized carbons (Fsp3) is 0.500. The minimum Gasteiger partial charge on any atom is -0.480 e. The summed E-state index contributed by atoms with van der Waals surface area (Å²) in [6.07, 6.45) is 2.97. The number of hydrogen-bond donors (Lipinski definition) is 8. The van der Waals surface area contributed by atoms with Crippen LogP contribution in [0.1, 0.15) is 45.1 Å². The van der Waals surface area contributed by atoms with E-state index in [-0.39, 0.29) is 6.42 Å². The molecule has 4 unspecified atom stereocenters. The molecule has 39 heavy (non-hydrogen) atoms. The SMILES string of the molecule is CC(C)C(NC(=O)C(Cc1c[nH]c2ccccc12)NC(=O)C(N)CCCCN)C(=O)NC(CC(N)=O)C(=O)O. The molecular weight excluding hydrogens is 506 g/mol. The second kappa shape index (κ2) is 14.8. The van der Waals surface area contributed by atoms with Crippen LogP contribution in [0.2, 0.25) is 0 Å². The molecule has 13 heteroatoms. The average Bonchev–Trinajstić information content (AvgIpc) is 3.28. The maximum absolute atomic E-state index is 13.5. The molecule has 0 aliphatic rings. The molecule has 0 aliphatic heterocycles. The Balaban J connectivity index is 2.26. The first-order valence-corrected chi connectivity index (χ1v) is 12.9. The molecule has 1 aromatic heterocycles.